The van der Waals surface area contributed by atoms with Gasteiger partial charge in [0.2, 0.25) is 5.91 Å². The molecule has 21 heavy (non-hydrogen) atoms. The first-order chi connectivity index (χ1) is 10.1. The second-order valence-electron chi connectivity index (χ2n) is 4.39. The predicted octanol–water partition coefficient (Wildman–Crippen LogP) is 2.12. The molecule has 1 rings (SSSR count). The number of benzene rings is 1. The van der Waals surface area contributed by atoms with Crippen LogP contribution in [-0.4, -0.2) is 44.1 Å². The molecule has 0 saturated carbocycles. The van der Waals surface area contributed by atoms with Gasteiger partial charge in [-0.1, -0.05) is 18.2 Å². The summed E-state index contributed by atoms with van der Waals surface area (Å²) in [6.07, 6.45) is 3.36. The van der Waals surface area contributed by atoms with Gasteiger partial charge in [-0.2, -0.15) is 0 Å². The van der Waals surface area contributed by atoms with Crippen molar-refractivity contribution in [1.29, 1.82) is 0 Å². The molecule has 0 aliphatic carbocycles. The molecule has 5 nitrogen and oxygen atoms in total. The van der Waals surface area contributed by atoms with Gasteiger partial charge < -0.3 is 14.4 Å². The zero-order valence-corrected chi connectivity index (χ0v) is 12.7. The van der Waals surface area contributed by atoms with Gasteiger partial charge in [0.1, 0.15) is 5.75 Å². The summed E-state index contributed by atoms with van der Waals surface area (Å²) in [5.41, 5.74) is 0.842. The normalized spacial score (nSPS) is 10.4. The van der Waals surface area contributed by atoms with Gasteiger partial charge in [0.05, 0.1) is 20.1 Å². The number of rotatable bonds is 7. The average molecular weight is 291 g/mol. The van der Waals surface area contributed by atoms with Crippen molar-refractivity contribution in [3.05, 3.63) is 35.9 Å². The topological polar surface area (TPSA) is 55.8 Å². The Morgan fingerprint density at radius 1 is 1.29 bits per heavy atom. The van der Waals surface area contributed by atoms with Crippen molar-refractivity contribution in [2.75, 3.05) is 27.3 Å². The van der Waals surface area contributed by atoms with Crippen LogP contribution in [0.5, 0.6) is 5.75 Å². The SMILES string of the molecule is CCOc1ccccc1C=CC(=O)N(C)CCC(=O)OC. The lowest BCUT2D eigenvalue weighted by molar-refractivity contribution is -0.141. The Balaban J connectivity index is 2.63. The monoisotopic (exact) mass is 291 g/mol. The molecule has 5 heteroatoms. The van der Waals surface area contributed by atoms with E-state index in [1.807, 2.05) is 31.2 Å². The number of carbonyl (C=O) groups is 2. The summed E-state index contributed by atoms with van der Waals surface area (Å²) in [7, 11) is 2.97. The van der Waals surface area contributed by atoms with Gasteiger partial charge in [-0.15, -0.1) is 0 Å². The Morgan fingerprint density at radius 3 is 2.67 bits per heavy atom. The van der Waals surface area contributed by atoms with E-state index in [-0.39, 0.29) is 18.3 Å². The van der Waals surface area contributed by atoms with E-state index in [2.05, 4.69) is 4.74 Å². The molecule has 0 unspecified atom stereocenters. The van der Waals surface area contributed by atoms with Gasteiger partial charge in [-0.3, -0.25) is 9.59 Å². The second-order valence-corrected chi connectivity index (χ2v) is 4.39. The van der Waals surface area contributed by atoms with Crippen LogP contribution >= 0.6 is 0 Å². The van der Waals surface area contributed by atoms with E-state index in [9.17, 15) is 9.59 Å². The maximum atomic E-state index is 11.9. The molecule has 1 aromatic rings. The summed E-state index contributed by atoms with van der Waals surface area (Å²) in [5, 5.41) is 0. The van der Waals surface area contributed by atoms with E-state index in [0.29, 0.717) is 13.2 Å². The minimum atomic E-state index is -0.333. The highest BCUT2D eigenvalue weighted by molar-refractivity contribution is 5.92. The fourth-order valence-corrected chi connectivity index (χ4v) is 1.66. The van der Waals surface area contributed by atoms with Crippen LogP contribution in [0.4, 0.5) is 0 Å². The molecule has 0 aliphatic heterocycles. The van der Waals surface area contributed by atoms with Crippen LogP contribution in [0, 0.1) is 0 Å². The first-order valence-corrected chi connectivity index (χ1v) is 6.80. The molecule has 0 fully saturated rings. The summed E-state index contributed by atoms with van der Waals surface area (Å²) >= 11 is 0. The van der Waals surface area contributed by atoms with Crippen LogP contribution in [0.1, 0.15) is 18.9 Å². The molecule has 1 aromatic carbocycles. The Kier molecular flexibility index (Phi) is 7.01. The Morgan fingerprint density at radius 2 is 2.00 bits per heavy atom. The number of carbonyl (C=O) groups excluding carboxylic acids is 2. The number of ether oxygens (including phenoxy) is 2. The fraction of sp³-hybridized carbons (Fsp3) is 0.375. The van der Waals surface area contributed by atoms with Crippen LogP contribution in [0.2, 0.25) is 0 Å². The molecule has 0 aliphatic rings. The summed E-state index contributed by atoms with van der Waals surface area (Å²) in [6.45, 7) is 2.80. The van der Waals surface area contributed by atoms with E-state index >= 15 is 0 Å². The first kappa shape index (κ1) is 16.8. The zero-order chi connectivity index (χ0) is 15.7. The van der Waals surface area contributed by atoms with Crippen molar-refractivity contribution in [3.8, 4) is 5.75 Å². The minimum Gasteiger partial charge on any atom is -0.493 e. The molecule has 0 aromatic heterocycles. The summed E-state index contributed by atoms with van der Waals surface area (Å²) in [6, 6.07) is 7.50. The zero-order valence-electron chi connectivity index (χ0n) is 12.7. The number of hydrogen-bond donors (Lipinski definition) is 0. The third kappa shape index (κ3) is 5.69. The van der Waals surface area contributed by atoms with Crippen LogP contribution in [0.3, 0.4) is 0 Å². The second kappa shape index (κ2) is 8.79. The van der Waals surface area contributed by atoms with E-state index in [4.69, 9.17) is 4.74 Å². The fourth-order valence-electron chi connectivity index (χ4n) is 1.66. The minimum absolute atomic E-state index is 0.176. The van der Waals surface area contributed by atoms with Gasteiger partial charge in [0.25, 0.3) is 0 Å². The number of para-hydroxylation sites is 1. The highest BCUT2D eigenvalue weighted by atomic mass is 16.5. The highest BCUT2D eigenvalue weighted by Crippen LogP contribution is 2.19. The van der Waals surface area contributed by atoms with Crippen molar-refractivity contribution >= 4 is 18.0 Å². The lowest BCUT2D eigenvalue weighted by Crippen LogP contribution is -2.27. The van der Waals surface area contributed by atoms with Crippen LogP contribution in [0.25, 0.3) is 6.08 Å². The standard InChI is InChI=1S/C16H21NO4/c1-4-21-14-8-6-5-7-13(14)9-10-15(18)17(2)12-11-16(19)20-3/h5-10H,4,11-12H2,1-3H3. The Bertz CT molecular complexity index is 511. The third-order valence-corrected chi connectivity index (χ3v) is 2.88. The van der Waals surface area contributed by atoms with Gasteiger partial charge in [-0.25, -0.2) is 0 Å². The van der Waals surface area contributed by atoms with Crippen LogP contribution in [0.15, 0.2) is 30.3 Å². The van der Waals surface area contributed by atoms with E-state index in [1.165, 1.54) is 18.1 Å². The Hall–Kier alpha value is -2.30. The van der Waals surface area contributed by atoms with Gasteiger partial charge in [0, 0.05) is 25.2 Å². The lowest BCUT2D eigenvalue weighted by atomic mass is 10.2. The van der Waals surface area contributed by atoms with Crippen molar-refractivity contribution in [1.82, 2.24) is 4.90 Å². The number of esters is 1. The summed E-state index contributed by atoms with van der Waals surface area (Å²) < 4.78 is 10.0. The van der Waals surface area contributed by atoms with Crippen molar-refractivity contribution in [3.63, 3.8) is 0 Å². The van der Waals surface area contributed by atoms with Gasteiger partial charge in [0.15, 0.2) is 0 Å². The maximum Gasteiger partial charge on any atom is 0.307 e. The number of amides is 1. The van der Waals surface area contributed by atoms with Crippen molar-refractivity contribution < 1.29 is 19.1 Å². The number of methoxy groups -OCH3 is 1. The van der Waals surface area contributed by atoms with Crippen molar-refractivity contribution in [2.45, 2.75) is 13.3 Å². The molecule has 114 valence electrons. The van der Waals surface area contributed by atoms with Gasteiger partial charge >= 0.3 is 5.97 Å². The van der Waals surface area contributed by atoms with E-state index < -0.39 is 0 Å². The van der Waals surface area contributed by atoms with Crippen LogP contribution < -0.4 is 4.74 Å². The quantitative estimate of drug-likeness (QED) is 0.570. The number of likely N-dealkylation sites (N-methyl/N-ethyl adjacent to an activating group) is 1. The molecule has 0 heterocycles. The molecule has 0 atom stereocenters. The highest BCUT2D eigenvalue weighted by Gasteiger charge is 2.08. The summed E-state index contributed by atoms with van der Waals surface area (Å²) in [5.74, 6) is 0.229. The van der Waals surface area contributed by atoms with E-state index in [0.717, 1.165) is 11.3 Å². The lowest BCUT2D eigenvalue weighted by Gasteiger charge is -2.14. The van der Waals surface area contributed by atoms with Crippen LogP contribution in [-0.2, 0) is 14.3 Å². The predicted molar refractivity (Wildman–Crippen MR) is 80.9 cm³/mol. The van der Waals surface area contributed by atoms with Crippen molar-refractivity contribution in [2.24, 2.45) is 0 Å². The largest absolute Gasteiger partial charge is 0.493 e. The average Bonchev–Trinajstić information content (AvgIpc) is 2.51. The number of nitrogens with zero attached hydrogens (tertiary/aromatic N) is 1. The summed E-state index contributed by atoms with van der Waals surface area (Å²) in [4.78, 5) is 24.4. The smallest absolute Gasteiger partial charge is 0.307 e. The Labute approximate surface area is 125 Å². The molecule has 1 amide bonds. The van der Waals surface area contributed by atoms with E-state index in [1.54, 1.807) is 13.1 Å². The number of hydrogen-bond acceptors (Lipinski definition) is 4. The molecule has 0 spiro atoms. The van der Waals surface area contributed by atoms with Gasteiger partial charge in [-0.05, 0) is 19.1 Å². The molecule has 0 bridgehead atoms. The molecular weight excluding hydrogens is 270 g/mol. The molecule has 0 N–H and O–H groups in total. The maximum absolute atomic E-state index is 11.9. The first-order valence-electron chi connectivity index (χ1n) is 6.80. The molecule has 0 saturated heterocycles. The molecule has 0 radical (unpaired) electrons. The molecular formula is C16H21NO4. The third-order valence-electron chi connectivity index (χ3n) is 2.88.